The lowest BCUT2D eigenvalue weighted by Gasteiger charge is -1.91. The fourth-order valence-electron chi connectivity index (χ4n) is 1.21. The van der Waals surface area contributed by atoms with Crippen molar-refractivity contribution >= 4 is 11.8 Å². The fraction of sp³-hybridized carbons (Fsp3) is 0.200. The van der Waals surface area contributed by atoms with Crippen LogP contribution in [-0.4, -0.2) is 21.4 Å². The molecule has 3 nitrogen and oxygen atoms in total. The maximum absolute atomic E-state index is 4.38. The third-order valence-corrected chi connectivity index (χ3v) is 2.41. The van der Waals surface area contributed by atoms with Crippen molar-refractivity contribution in [2.45, 2.75) is 5.75 Å². The van der Waals surface area contributed by atoms with E-state index in [4.69, 9.17) is 0 Å². The Bertz CT molecular complexity index is 397. The Morgan fingerprint density at radius 3 is 2.79 bits per heavy atom. The summed E-state index contributed by atoms with van der Waals surface area (Å²) >= 11 is 1.73. The number of aromatic amines is 1. The summed E-state index contributed by atoms with van der Waals surface area (Å²) in [6, 6.07) is 9.97. The van der Waals surface area contributed by atoms with Crippen molar-refractivity contribution in [2.75, 3.05) is 6.26 Å². The normalized spacial score (nSPS) is 10.4. The van der Waals surface area contributed by atoms with Gasteiger partial charge in [0.2, 0.25) is 0 Å². The minimum atomic E-state index is 0.773. The molecular weight excluding hydrogens is 194 g/mol. The average molecular weight is 205 g/mol. The molecule has 0 radical (unpaired) electrons. The molecule has 1 N–H and O–H groups in total. The number of thioether (sulfide) groups is 1. The Labute approximate surface area is 87.0 Å². The van der Waals surface area contributed by atoms with Gasteiger partial charge in [-0.25, -0.2) is 4.98 Å². The highest BCUT2D eigenvalue weighted by molar-refractivity contribution is 7.97. The molecular formula is C10H11N3S. The second-order valence-electron chi connectivity index (χ2n) is 2.90. The SMILES string of the molecule is CSCc1nc(-c2ccccc2)n[nH]1. The van der Waals surface area contributed by atoms with E-state index in [1.165, 1.54) is 0 Å². The van der Waals surface area contributed by atoms with Crippen LogP contribution in [0.15, 0.2) is 30.3 Å². The van der Waals surface area contributed by atoms with Gasteiger partial charge >= 0.3 is 0 Å². The van der Waals surface area contributed by atoms with Gasteiger partial charge < -0.3 is 0 Å². The highest BCUT2D eigenvalue weighted by atomic mass is 32.2. The van der Waals surface area contributed by atoms with Crippen LogP contribution in [0.1, 0.15) is 5.82 Å². The summed E-state index contributed by atoms with van der Waals surface area (Å²) in [6.45, 7) is 0. The molecule has 0 fully saturated rings. The van der Waals surface area contributed by atoms with E-state index in [1.54, 1.807) is 11.8 Å². The molecule has 0 aliphatic heterocycles. The molecule has 0 saturated carbocycles. The van der Waals surface area contributed by atoms with Crippen molar-refractivity contribution in [2.24, 2.45) is 0 Å². The summed E-state index contributed by atoms with van der Waals surface area (Å²) in [5, 5.41) is 7.08. The van der Waals surface area contributed by atoms with E-state index < -0.39 is 0 Å². The molecule has 0 atom stereocenters. The van der Waals surface area contributed by atoms with Crippen LogP contribution >= 0.6 is 11.8 Å². The van der Waals surface area contributed by atoms with Crippen molar-refractivity contribution in [1.29, 1.82) is 0 Å². The van der Waals surface area contributed by atoms with E-state index >= 15 is 0 Å². The molecule has 0 bridgehead atoms. The first kappa shape index (κ1) is 9.27. The predicted molar refractivity (Wildman–Crippen MR) is 59.0 cm³/mol. The third kappa shape index (κ3) is 1.96. The molecule has 2 rings (SSSR count). The van der Waals surface area contributed by atoms with E-state index in [0.717, 1.165) is 23.0 Å². The van der Waals surface area contributed by atoms with Gasteiger partial charge in [-0.1, -0.05) is 30.3 Å². The third-order valence-electron chi connectivity index (χ3n) is 1.84. The summed E-state index contributed by atoms with van der Waals surface area (Å²) < 4.78 is 0. The van der Waals surface area contributed by atoms with Crippen molar-refractivity contribution < 1.29 is 0 Å². The van der Waals surface area contributed by atoms with Crippen LogP contribution in [0.3, 0.4) is 0 Å². The molecule has 1 aromatic carbocycles. The monoisotopic (exact) mass is 205 g/mol. The number of hydrogen-bond acceptors (Lipinski definition) is 3. The van der Waals surface area contributed by atoms with Gasteiger partial charge in [0.25, 0.3) is 0 Å². The number of H-pyrrole nitrogens is 1. The topological polar surface area (TPSA) is 41.6 Å². The second kappa shape index (κ2) is 4.28. The van der Waals surface area contributed by atoms with E-state index in [1.807, 2.05) is 36.6 Å². The Kier molecular flexibility index (Phi) is 2.84. The standard InChI is InChI=1S/C10H11N3S/c1-14-7-9-11-10(13-12-9)8-5-3-2-4-6-8/h2-6H,7H2,1H3,(H,11,12,13). The lowest BCUT2D eigenvalue weighted by molar-refractivity contribution is 1.03. The Morgan fingerprint density at radius 1 is 1.29 bits per heavy atom. The van der Waals surface area contributed by atoms with Gasteiger partial charge in [0.15, 0.2) is 5.82 Å². The molecule has 14 heavy (non-hydrogen) atoms. The van der Waals surface area contributed by atoms with E-state index in [9.17, 15) is 0 Å². The zero-order valence-corrected chi connectivity index (χ0v) is 8.71. The molecule has 0 aliphatic rings. The number of hydrogen-bond donors (Lipinski definition) is 1. The minimum absolute atomic E-state index is 0.773. The summed E-state index contributed by atoms with van der Waals surface area (Å²) in [7, 11) is 0. The summed E-state index contributed by atoms with van der Waals surface area (Å²) in [6.07, 6.45) is 2.05. The number of nitrogens with zero attached hydrogens (tertiary/aromatic N) is 2. The molecule has 72 valence electrons. The van der Waals surface area contributed by atoms with Crippen LogP contribution in [0.4, 0.5) is 0 Å². The largest absolute Gasteiger partial charge is 0.262 e. The quantitative estimate of drug-likeness (QED) is 0.836. The van der Waals surface area contributed by atoms with Gasteiger partial charge in [-0.05, 0) is 6.26 Å². The molecule has 0 saturated heterocycles. The number of aromatic nitrogens is 3. The molecule has 2 aromatic rings. The predicted octanol–water partition coefficient (Wildman–Crippen LogP) is 2.33. The molecule has 0 amide bonds. The average Bonchev–Trinajstić information content (AvgIpc) is 2.68. The highest BCUT2D eigenvalue weighted by Crippen LogP contribution is 2.14. The smallest absolute Gasteiger partial charge is 0.181 e. The van der Waals surface area contributed by atoms with Crippen molar-refractivity contribution in [3.8, 4) is 11.4 Å². The molecule has 0 aliphatic carbocycles. The summed E-state index contributed by atoms with van der Waals surface area (Å²) in [4.78, 5) is 4.38. The molecule has 4 heteroatoms. The molecule has 0 unspecified atom stereocenters. The van der Waals surface area contributed by atoms with Crippen LogP contribution in [0.5, 0.6) is 0 Å². The van der Waals surface area contributed by atoms with Crippen molar-refractivity contribution in [3.63, 3.8) is 0 Å². The van der Waals surface area contributed by atoms with Crippen LogP contribution in [0.25, 0.3) is 11.4 Å². The van der Waals surface area contributed by atoms with Gasteiger partial charge in [-0.15, -0.1) is 0 Å². The van der Waals surface area contributed by atoms with Crippen LogP contribution in [0, 0.1) is 0 Å². The van der Waals surface area contributed by atoms with Gasteiger partial charge in [-0.2, -0.15) is 16.9 Å². The molecule has 0 spiro atoms. The number of benzene rings is 1. The first-order valence-corrected chi connectivity index (χ1v) is 5.75. The summed E-state index contributed by atoms with van der Waals surface area (Å²) in [5.74, 6) is 2.57. The fourth-order valence-corrected chi connectivity index (χ4v) is 1.62. The Morgan fingerprint density at radius 2 is 2.07 bits per heavy atom. The van der Waals surface area contributed by atoms with Gasteiger partial charge in [-0.3, -0.25) is 5.10 Å². The number of rotatable bonds is 3. The molecule has 1 aromatic heterocycles. The first-order chi connectivity index (χ1) is 6.90. The van der Waals surface area contributed by atoms with Gasteiger partial charge in [0.05, 0.1) is 5.75 Å². The maximum atomic E-state index is 4.38. The summed E-state index contributed by atoms with van der Waals surface area (Å²) in [5.41, 5.74) is 1.05. The zero-order chi connectivity index (χ0) is 9.80. The second-order valence-corrected chi connectivity index (χ2v) is 3.77. The van der Waals surface area contributed by atoms with E-state index in [-0.39, 0.29) is 0 Å². The van der Waals surface area contributed by atoms with Crippen LogP contribution in [0.2, 0.25) is 0 Å². The Balaban J connectivity index is 2.25. The highest BCUT2D eigenvalue weighted by Gasteiger charge is 2.03. The lowest BCUT2D eigenvalue weighted by atomic mass is 10.2. The first-order valence-electron chi connectivity index (χ1n) is 4.36. The van der Waals surface area contributed by atoms with Crippen LogP contribution < -0.4 is 0 Å². The van der Waals surface area contributed by atoms with Crippen molar-refractivity contribution in [3.05, 3.63) is 36.2 Å². The van der Waals surface area contributed by atoms with Gasteiger partial charge in [0, 0.05) is 5.56 Å². The zero-order valence-electron chi connectivity index (χ0n) is 7.90. The van der Waals surface area contributed by atoms with E-state index in [0.29, 0.717) is 0 Å². The maximum Gasteiger partial charge on any atom is 0.181 e. The number of nitrogens with one attached hydrogen (secondary N) is 1. The van der Waals surface area contributed by atoms with E-state index in [2.05, 4.69) is 15.2 Å². The Hall–Kier alpha value is -1.29. The van der Waals surface area contributed by atoms with Gasteiger partial charge in [0.1, 0.15) is 5.82 Å². The van der Waals surface area contributed by atoms with Crippen LogP contribution in [-0.2, 0) is 5.75 Å². The lowest BCUT2D eigenvalue weighted by Crippen LogP contribution is -1.82. The molecule has 1 heterocycles. The minimum Gasteiger partial charge on any atom is -0.262 e. The van der Waals surface area contributed by atoms with Crippen molar-refractivity contribution in [1.82, 2.24) is 15.2 Å².